The van der Waals surface area contributed by atoms with E-state index in [1.165, 1.54) is 0 Å². The molecule has 0 spiro atoms. The summed E-state index contributed by atoms with van der Waals surface area (Å²) in [4.78, 5) is 0. The average Bonchev–Trinajstić information content (AvgIpc) is 2.48. The number of hydrogen-bond donors (Lipinski definition) is 0. The summed E-state index contributed by atoms with van der Waals surface area (Å²) in [5, 5.41) is 4.67. The Bertz CT molecular complexity index is 431. The fraction of sp³-hybridized carbons (Fsp3) is 0.111. The molecule has 0 fully saturated rings. The smallest absolute Gasteiger partial charge is 0.0587 e. The van der Waals surface area contributed by atoms with Gasteiger partial charge in [-0.25, -0.2) is 0 Å². The highest BCUT2D eigenvalue weighted by molar-refractivity contribution is 7.18. The first-order chi connectivity index (χ1) is 5.70. The van der Waals surface area contributed by atoms with E-state index in [0.717, 1.165) is 25.7 Å². The van der Waals surface area contributed by atoms with E-state index < -0.39 is 0 Å². The van der Waals surface area contributed by atoms with Crippen LogP contribution in [0.4, 0.5) is 0 Å². The minimum Gasteiger partial charge on any atom is -0.142 e. The normalized spacial score (nSPS) is 10.9. The molecule has 1 aromatic heterocycles. The SMILES string of the molecule is Cc1cc(Cl)c2sccc2c1Cl. The third-order valence-corrected chi connectivity index (χ3v) is 3.67. The third kappa shape index (κ3) is 1.13. The van der Waals surface area contributed by atoms with Crippen molar-refractivity contribution < 1.29 is 0 Å². The van der Waals surface area contributed by atoms with Crippen molar-refractivity contribution in [2.24, 2.45) is 0 Å². The van der Waals surface area contributed by atoms with Crippen molar-refractivity contribution in [1.82, 2.24) is 0 Å². The lowest BCUT2D eigenvalue weighted by Crippen LogP contribution is -1.75. The Morgan fingerprint density at radius 1 is 1.33 bits per heavy atom. The minimum absolute atomic E-state index is 0.793. The number of benzene rings is 1. The van der Waals surface area contributed by atoms with E-state index in [0.29, 0.717) is 0 Å². The maximum atomic E-state index is 6.09. The first-order valence-electron chi connectivity index (χ1n) is 3.52. The van der Waals surface area contributed by atoms with E-state index in [2.05, 4.69) is 0 Å². The summed E-state index contributed by atoms with van der Waals surface area (Å²) in [7, 11) is 0. The van der Waals surface area contributed by atoms with Gasteiger partial charge in [0, 0.05) is 5.39 Å². The monoisotopic (exact) mass is 216 g/mol. The van der Waals surface area contributed by atoms with Crippen molar-refractivity contribution in [2.45, 2.75) is 6.92 Å². The van der Waals surface area contributed by atoms with Crippen LogP contribution in [-0.2, 0) is 0 Å². The number of halogens is 2. The molecule has 0 saturated carbocycles. The Kier molecular flexibility index (Phi) is 2.03. The lowest BCUT2D eigenvalue weighted by Gasteiger charge is -2.00. The zero-order valence-electron chi connectivity index (χ0n) is 6.40. The fourth-order valence-corrected chi connectivity index (χ4v) is 2.67. The molecule has 12 heavy (non-hydrogen) atoms. The molecule has 0 unspecified atom stereocenters. The predicted molar refractivity (Wildman–Crippen MR) is 56.6 cm³/mol. The zero-order chi connectivity index (χ0) is 8.72. The highest BCUT2D eigenvalue weighted by Gasteiger charge is 2.06. The summed E-state index contributed by atoms with van der Waals surface area (Å²) in [6.45, 7) is 1.96. The van der Waals surface area contributed by atoms with Crippen LogP contribution in [0.5, 0.6) is 0 Å². The molecule has 0 nitrogen and oxygen atoms in total. The van der Waals surface area contributed by atoms with E-state index in [-0.39, 0.29) is 0 Å². The van der Waals surface area contributed by atoms with Crippen molar-refractivity contribution >= 4 is 44.6 Å². The topological polar surface area (TPSA) is 0 Å². The molecule has 0 aliphatic carbocycles. The largest absolute Gasteiger partial charge is 0.142 e. The van der Waals surface area contributed by atoms with Gasteiger partial charge in [0.2, 0.25) is 0 Å². The van der Waals surface area contributed by atoms with E-state index in [9.17, 15) is 0 Å². The Balaban J connectivity index is 2.97. The van der Waals surface area contributed by atoms with E-state index in [4.69, 9.17) is 23.2 Å². The van der Waals surface area contributed by atoms with Crippen LogP contribution in [-0.4, -0.2) is 0 Å². The molecule has 0 N–H and O–H groups in total. The van der Waals surface area contributed by atoms with Gasteiger partial charge < -0.3 is 0 Å². The maximum absolute atomic E-state index is 6.09. The molecule has 2 rings (SSSR count). The molecule has 0 aliphatic heterocycles. The molecule has 0 aliphatic rings. The number of hydrogen-bond acceptors (Lipinski definition) is 1. The number of rotatable bonds is 0. The van der Waals surface area contributed by atoms with Crippen molar-refractivity contribution in [3.8, 4) is 0 Å². The molecule has 1 heterocycles. The summed E-state index contributed by atoms with van der Waals surface area (Å²) in [6, 6.07) is 3.91. The van der Waals surface area contributed by atoms with Crippen LogP contribution in [0.15, 0.2) is 17.5 Å². The van der Waals surface area contributed by atoms with Gasteiger partial charge in [-0.15, -0.1) is 11.3 Å². The van der Waals surface area contributed by atoms with Crippen molar-refractivity contribution in [1.29, 1.82) is 0 Å². The van der Waals surface area contributed by atoms with Crippen molar-refractivity contribution in [3.05, 3.63) is 33.1 Å². The Labute approximate surface area is 84.7 Å². The highest BCUT2D eigenvalue weighted by atomic mass is 35.5. The quantitative estimate of drug-likeness (QED) is 0.608. The minimum atomic E-state index is 0.793. The summed E-state index contributed by atoms with van der Waals surface area (Å²) in [5.74, 6) is 0. The molecule has 0 saturated heterocycles. The molecule has 3 heteroatoms. The zero-order valence-corrected chi connectivity index (χ0v) is 8.72. The second-order valence-electron chi connectivity index (χ2n) is 2.65. The highest BCUT2D eigenvalue weighted by Crippen LogP contribution is 2.35. The summed E-state index contributed by atoms with van der Waals surface area (Å²) in [5.41, 5.74) is 1.03. The van der Waals surface area contributed by atoms with Gasteiger partial charge in [-0.05, 0) is 30.0 Å². The second kappa shape index (κ2) is 2.91. The fourth-order valence-electron chi connectivity index (χ4n) is 1.20. The van der Waals surface area contributed by atoms with E-state index in [1.54, 1.807) is 11.3 Å². The van der Waals surface area contributed by atoms with Gasteiger partial charge in [0.1, 0.15) is 0 Å². The molecule has 0 amide bonds. The van der Waals surface area contributed by atoms with Gasteiger partial charge in [0.15, 0.2) is 0 Å². The summed E-state index contributed by atoms with van der Waals surface area (Å²) >= 11 is 13.7. The van der Waals surface area contributed by atoms with E-state index >= 15 is 0 Å². The predicted octanol–water partition coefficient (Wildman–Crippen LogP) is 4.52. The average molecular weight is 217 g/mol. The van der Waals surface area contributed by atoms with Crippen LogP contribution in [0.1, 0.15) is 5.56 Å². The van der Waals surface area contributed by atoms with Crippen LogP contribution in [0.2, 0.25) is 10.0 Å². The molecule has 0 atom stereocenters. The Hall–Kier alpha value is -0.240. The van der Waals surface area contributed by atoms with Gasteiger partial charge in [-0.2, -0.15) is 0 Å². The Morgan fingerprint density at radius 2 is 2.08 bits per heavy atom. The van der Waals surface area contributed by atoms with Crippen LogP contribution in [0.25, 0.3) is 10.1 Å². The molecule has 62 valence electrons. The van der Waals surface area contributed by atoms with Crippen LogP contribution < -0.4 is 0 Å². The lowest BCUT2D eigenvalue weighted by molar-refractivity contribution is 1.51. The Morgan fingerprint density at radius 3 is 2.83 bits per heavy atom. The second-order valence-corrected chi connectivity index (χ2v) is 4.35. The molecular formula is C9H6Cl2S. The molecule has 2 aromatic rings. The molecule has 0 bridgehead atoms. The van der Waals surface area contributed by atoms with Gasteiger partial charge >= 0.3 is 0 Å². The first-order valence-corrected chi connectivity index (χ1v) is 5.15. The van der Waals surface area contributed by atoms with Gasteiger partial charge in [0.25, 0.3) is 0 Å². The van der Waals surface area contributed by atoms with Gasteiger partial charge in [-0.1, -0.05) is 23.2 Å². The third-order valence-electron chi connectivity index (χ3n) is 1.81. The van der Waals surface area contributed by atoms with Gasteiger partial charge in [-0.3, -0.25) is 0 Å². The van der Waals surface area contributed by atoms with Crippen LogP contribution in [0.3, 0.4) is 0 Å². The molecule has 0 radical (unpaired) electrons. The summed E-state index contributed by atoms with van der Waals surface area (Å²) in [6.07, 6.45) is 0. The standard InChI is InChI=1S/C9H6Cl2S/c1-5-4-7(10)9-6(8(5)11)2-3-12-9/h2-4H,1H3. The number of fused-ring (bicyclic) bond motifs is 1. The van der Waals surface area contributed by atoms with Crippen LogP contribution in [0, 0.1) is 6.92 Å². The van der Waals surface area contributed by atoms with E-state index in [1.807, 2.05) is 24.4 Å². The van der Waals surface area contributed by atoms with Crippen molar-refractivity contribution in [2.75, 3.05) is 0 Å². The van der Waals surface area contributed by atoms with Crippen LogP contribution >= 0.6 is 34.5 Å². The first kappa shape index (κ1) is 8.36. The van der Waals surface area contributed by atoms with Crippen molar-refractivity contribution in [3.63, 3.8) is 0 Å². The van der Waals surface area contributed by atoms with Gasteiger partial charge in [0.05, 0.1) is 14.7 Å². The molecule has 1 aromatic carbocycles. The number of thiophene rings is 1. The lowest BCUT2D eigenvalue weighted by atomic mass is 10.2. The summed E-state index contributed by atoms with van der Waals surface area (Å²) < 4.78 is 1.08. The molecular weight excluding hydrogens is 211 g/mol. The number of aryl methyl sites for hydroxylation is 1. The maximum Gasteiger partial charge on any atom is 0.0587 e.